The Hall–Kier alpha value is -4.08. The summed E-state index contributed by atoms with van der Waals surface area (Å²) in [6.45, 7) is 4.04. The molecule has 2 nitrogen and oxygen atoms in total. The van der Waals surface area contributed by atoms with Crippen molar-refractivity contribution in [2.45, 2.75) is 30.8 Å². The summed E-state index contributed by atoms with van der Waals surface area (Å²) in [6, 6.07) is 25.4. The predicted molar refractivity (Wildman–Crippen MR) is 150 cm³/mol. The van der Waals surface area contributed by atoms with Crippen molar-refractivity contribution in [3.8, 4) is 6.07 Å². The van der Waals surface area contributed by atoms with Crippen LogP contribution >= 0.6 is 11.8 Å². The van der Waals surface area contributed by atoms with E-state index in [0.29, 0.717) is 27.4 Å². The second-order valence-corrected chi connectivity index (χ2v) is 9.87. The molecule has 0 spiro atoms. The van der Waals surface area contributed by atoms with E-state index in [2.05, 4.69) is 11.1 Å². The summed E-state index contributed by atoms with van der Waals surface area (Å²) in [5.74, 6) is 0.248. The summed E-state index contributed by atoms with van der Waals surface area (Å²) in [5.41, 5.74) is 5.86. The molecule has 0 atom stereocenters. The van der Waals surface area contributed by atoms with Gasteiger partial charge in [-0.25, -0.2) is 4.98 Å². The normalized spacial score (nSPS) is 11.8. The lowest BCUT2D eigenvalue weighted by molar-refractivity contribution is -0.137. The van der Waals surface area contributed by atoms with E-state index in [1.54, 1.807) is 6.07 Å². The fourth-order valence-electron chi connectivity index (χ4n) is 3.71. The maximum Gasteiger partial charge on any atom is 0.416 e. The minimum atomic E-state index is -4.41. The van der Waals surface area contributed by atoms with Gasteiger partial charge in [0.25, 0.3) is 0 Å². The molecule has 0 aliphatic heterocycles. The van der Waals surface area contributed by atoms with Crippen LogP contribution in [0.4, 0.5) is 13.2 Å². The Kier molecular flexibility index (Phi) is 8.50. The molecule has 1 aromatic heterocycles. The first-order valence-corrected chi connectivity index (χ1v) is 12.9. The van der Waals surface area contributed by atoms with Gasteiger partial charge in [-0.1, -0.05) is 96.1 Å². The Labute approximate surface area is 225 Å². The van der Waals surface area contributed by atoms with Gasteiger partial charge in [-0.05, 0) is 54.3 Å². The molecule has 1 heterocycles. The van der Waals surface area contributed by atoms with Crippen molar-refractivity contribution in [2.24, 2.45) is 0 Å². The van der Waals surface area contributed by atoms with E-state index in [9.17, 15) is 18.4 Å². The fraction of sp³-hybridized carbons (Fsp3) is 0.125. The maximum atomic E-state index is 13.2. The molecule has 3 aromatic carbocycles. The van der Waals surface area contributed by atoms with E-state index >= 15 is 0 Å². The summed E-state index contributed by atoms with van der Waals surface area (Å²) in [7, 11) is 0. The number of rotatable bonds is 7. The van der Waals surface area contributed by atoms with Gasteiger partial charge in [-0.15, -0.1) is 11.8 Å². The molecule has 4 aromatic rings. The molecule has 6 heteroatoms. The first-order valence-electron chi connectivity index (χ1n) is 11.9. The number of aromatic nitrogens is 1. The van der Waals surface area contributed by atoms with E-state index in [0.717, 1.165) is 34.4 Å². The fourth-order valence-corrected chi connectivity index (χ4v) is 4.67. The van der Waals surface area contributed by atoms with Crippen molar-refractivity contribution in [3.05, 3.63) is 129 Å². The van der Waals surface area contributed by atoms with Gasteiger partial charge in [0, 0.05) is 5.75 Å². The summed E-state index contributed by atoms with van der Waals surface area (Å²) in [4.78, 5) is 4.69. The van der Waals surface area contributed by atoms with E-state index < -0.39 is 11.7 Å². The molecule has 0 aliphatic rings. The summed E-state index contributed by atoms with van der Waals surface area (Å²) in [6.07, 6.45) is 3.23. The molecule has 0 bridgehead atoms. The maximum absolute atomic E-state index is 13.2. The number of alkyl halides is 3. The number of hydrogen-bond donors (Lipinski definition) is 0. The molecular weight excluding hydrogens is 501 g/mol. The Bertz CT molecular complexity index is 1510. The number of thioether (sulfide) groups is 1. The van der Waals surface area contributed by atoms with Gasteiger partial charge < -0.3 is 0 Å². The van der Waals surface area contributed by atoms with Crippen LogP contribution in [0.15, 0.2) is 83.9 Å². The average Bonchev–Trinajstić information content (AvgIpc) is 2.91. The molecule has 0 aliphatic carbocycles. The Balaban J connectivity index is 1.69. The predicted octanol–water partition coefficient (Wildman–Crippen LogP) is 9.22. The average molecular weight is 527 g/mol. The second kappa shape index (κ2) is 12.0. The minimum absolute atomic E-state index is 0.248. The van der Waals surface area contributed by atoms with Gasteiger partial charge in [0.15, 0.2) is 0 Å². The van der Waals surface area contributed by atoms with Gasteiger partial charge >= 0.3 is 6.18 Å². The van der Waals surface area contributed by atoms with Gasteiger partial charge in [0.05, 0.1) is 16.8 Å². The lowest BCUT2D eigenvalue weighted by Gasteiger charge is -2.10. The molecule has 0 N–H and O–H groups in total. The molecule has 0 amide bonds. The van der Waals surface area contributed by atoms with E-state index in [1.165, 1.54) is 17.8 Å². The van der Waals surface area contributed by atoms with Crippen molar-refractivity contribution < 1.29 is 13.2 Å². The number of benzene rings is 3. The van der Waals surface area contributed by atoms with Crippen LogP contribution in [0.5, 0.6) is 0 Å². The van der Waals surface area contributed by atoms with E-state index in [4.69, 9.17) is 0 Å². The number of nitrogens with zero attached hydrogens (tertiary/aromatic N) is 2. The molecule has 38 heavy (non-hydrogen) atoms. The zero-order valence-electron chi connectivity index (χ0n) is 21.0. The zero-order valence-corrected chi connectivity index (χ0v) is 21.8. The number of aryl methyl sites for hydroxylation is 2. The monoisotopic (exact) mass is 526 g/mol. The standard InChI is InChI=1S/C32H25F3N2S/c1-22-6-10-24(11-7-22)14-16-27-19-29(17-15-25-12-8-23(2)9-13-25)37-31(30(27)20-36)38-21-26-4-3-5-28(18-26)32(33,34)35/h3-19H,21H2,1-2H3/b16-14-,17-15+. The van der Waals surface area contributed by atoms with Crippen molar-refractivity contribution in [1.82, 2.24) is 4.98 Å². The lowest BCUT2D eigenvalue weighted by atomic mass is 10.1. The molecule has 0 saturated heterocycles. The molecular formula is C32H25F3N2S. The van der Waals surface area contributed by atoms with Crippen molar-refractivity contribution >= 4 is 36.1 Å². The van der Waals surface area contributed by atoms with Crippen LogP contribution in [0.2, 0.25) is 0 Å². The Morgan fingerprint density at radius 2 is 1.42 bits per heavy atom. The van der Waals surface area contributed by atoms with E-state index in [-0.39, 0.29) is 5.75 Å². The van der Waals surface area contributed by atoms with E-state index in [1.807, 2.05) is 92.7 Å². The SMILES string of the molecule is Cc1ccc(/C=C\c2cc(/C=C/c3ccc(C)cc3)nc(SCc3cccc(C(F)(F)F)c3)c2C#N)cc1. The molecule has 0 radical (unpaired) electrons. The number of halogens is 3. The third-order valence-corrected chi connectivity index (χ3v) is 6.88. The Morgan fingerprint density at radius 3 is 2.00 bits per heavy atom. The van der Waals surface area contributed by atoms with Crippen molar-refractivity contribution in [2.75, 3.05) is 0 Å². The first-order chi connectivity index (χ1) is 18.2. The number of nitriles is 1. The molecule has 0 fully saturated rings. The topological polar surface area (TPSA) is 36.7 Å². The second-order valence-electron chi connectivity index (χ2n) is 8.90. The van der Waals surface area contributed by atoms with Crippen molar-refractivity contribution in [3.63, 3.8) is 0 Å². The van der Waals surface area contributed by atoms with Crippen LogP contribution in [0.3, 0.4) is 0 Å². The molecule has 190 valence electrons. The van der Waals surface area contributed by atoms with Gasteiger partial charge in [0.1, 0.15) is 11.1 Å². The third-order valence-electron chi connectivity index (χ3n) is 5.83. The van der Waals surface area contributed by atoms with Crippen LogP contribution in [-0.4, -0.2) is 4.98 Å². The number of hydrogen-bond acceptors (Lipinski definition) is 3. The lowest BCUT2D eigenvalue weighted by Crippen LogP contribution is -2.05. The van der Waals surface area contributed by atoms with Crippen LogP contribution in [0.25, 0.3) is 24.3 Å². The highest BCUT2D eigenvalue weighted by molar-refractivity contribution is 7.98. The number of pyridine rings is 1. The van der Waals surface area contributed by atoms with Crippen LogP contribution in [0.1, 0.15) is 50.2 Å². The highest BCUT2D eigenvalue weighted by Crippen LogP contribution is 2.32. The van der Waals surface area contributed by atoms with Crippen LogP contribution in [0, 0.1) is 25.2 Å². The van der Waals surface area contributed by atoms with Gasteiger partial charge in [-0.2, -0.15) is 18.4 Å². The molecule has 4 rings (SSSR count). The summed E-state index contributed by atoms with van der Waals surface area (Å²) in [5, 5.41) is 10.5. The third kappa shape index (κ3) is 7.24. The smallest absolute Gasteiger partial charge is 0.241 e. The van der Waals surface area contributed by atoms with Crippen LogP contribution in [-0.2, 0) is 11.9 Å². The minimum Gasteiger partial charge on any atom is -0.241 e. The van der Waals surface area contributed by atoms with Crippen LogP contribution < -0.4 is 0 Å². The Morgan fingerprint density at radius 1 is 0.816 bits per heavy atom. The largest absolute Gasteiger partial charge is 0.416 e. The highest BCUT2D eigenvalue weighted by atomic mass is 32.2. The van der Waals surface area contributed by atoms with Crippen molar-refractivity contribution in [1.29, 1.82) is 5.26 Å². The molecule has 0 saturated carbocycles. The quantitative estimate of drug-likeness (QED) is 0.225. The van der Waals surface area contributed by atoms with Gasteiger partial charge in [-0.3, -0.25) is 0 Å². The summed E-state index contributed by atoms with van der Waals surface area (Å²) >= 11 is 1.25. The zero-order chi connectivity index (χ0) is 27.1. The summed E-state index contributed by atoms with van der Waals surface area (Å²) < 4.78 is 39.5. The van der Waals surface area contributed by atoms with Gasteiger partial charge in [0.2, 0.25) is 0 Å². The first kappa shape index (κ1) is 27.0. The molecule has 0 unspecified atom stereocenters. The highest BCUT2D eigenvalue weighted by Gasteiger charge is 2.30.